The largest absolute Gasteiger partial charge is 0.351 e. The second-order valence-electron chi connectivity index (χ2n) is 5.27. The lowest BCUT2D eigenvalue weighted by Crippen LogP contribution is -2.18. The van der Waals surface area contributed by atoms with Gasteiger partial charge in [0.2, 0.25) is 0 Å². The van der Waals surface area contributed by atoms with E-state index in [0.29, 0.717) is 6.54 Å². The van der Waals surface area contributed by atoms with Gasteiger partial charge in [-0.25, -0.2) is 9.97 Å². The predicted octanol–water partition coefficient (Wildman–Crippen LogP) is 3.14. The Balaban J connectivity index is 1.63. The third kappa shape index (κ3) is 2.26. The van der Waals surface area contributed by atoms with Gasteiger partial charge in [0.15, 0.2) is 0 Å². The summed E-state index contributed by atoms with van der Waals surface area (Å²) in [7, 11) is 1.99. The fourth-order valence-electron chi connectivity index (χ4n) is 2.52. The maximum absolute atomic E-state index is 4.65. The summed E-state index contributed by atoms with van der Waals surface area (Å²) in [5, 5.41) is 0. The lowest BCUT2D eigenvalue weighted by atomic mass is 10.3. The molecule has 1 N–H and O–H groups in total. The van der Waals surface area contributed by atoms with Gasteiger partial charge in [0.25, 0.3) is 0 Å². The molecule has 0 amide bonds. The number of para-hydroxylation sites is 4. The van der Waals surface area contributed by atoms with Crippen molar-refractivity contribution in [2.45, 2.75) is 6.54 Å². The molecule has 2 aromatic carbocycles. The molecule has 0 saturated carbocycles. The molecule has 0 spiro atoms. The average molecular weight is 289 g/mol. The first-order valence-corrected chi connectivity index (χ1v) is 7.16. The Morgan fingerprint density at radius 3 is 2.45 bits per heavy atom. The van der Waals surface area contributed by atoms with Crippen molar-refractivity contribution in [3.8, 4) is 0 Å². The molecule has 108 valence electrons. The second-order valence-corrected chi connectivity index (χ2v) is 5.27. The first-order valence-electron chi connectivity index (χ1n) is 7.16. The molecule has 0 aliphatic carbocycles. The van der Waals surface area contributed by atoms with Gasteiger partial charge < -0.3 is 9.88 Å². The number of nitrogens with zero attached hydrogens (tertiary/aromatic N) is 4. The van der Waals surface area contributed by atoms with Crippen LogP contribution in [0.2, 0.25) is 0 Å². The van der Waals surface area contributed by atoms with E-state index in [2.05, 4.69) is 19.9 Å². The van der Waals surface area contributed by atoms with Crippen LogP contribution in [-0.2, 0) is 6.54 Å². The Bertz CT molecular complexity index is 911. The normalized spacial score (nSPS) is 11.1. The minimum atomic E-state index is 0.654. The predicted molar refractivity (Wildman–Crippen MR) is 87.7 cm³/mol. The number of anilines is 1. The quantitative estimate of drug-likeness (QED) is 0.629. The standard InChI is InChI=1S/C17H15N5/c1-22(11-16-19-14-8-4-5-9-15(14)20-16)17-10-18-12-6-2-3-7-13(12)21-17/h2-10H,11H2,1H3,(H,19,20). The molecule has 0 aliphatic rings. The van der Waals surface area contributed by atoms with Crippen molar-refractivity contribution in [1.82, 2.24) is 19.9 Å². The van der Waals surface area contributed by atoms with Crippen LogP contribution in [0.25, 0.3) is 22.1 Å². The van der Waals surface area contributed by atoms with E-state index in [1.165, 1.54) is 0 Å². The van der Waals surface area contributed by atoms with Crippen LogP contribution in [0.1, 0.15) is 5.82 Å². The molecule has 5 heteroatoms. The summed E-state index contributed by atoms with van der Waals surface area (Å²) in [5.41, 5.74) is 3.84. The molecule has 0 atom stereocenters. The smallest absolute Gasteiger partial charge is 0.147 e. The van der Waals surface area contributed by atoms with Crippen molar-refractivity contribution in [3.05, 3.63) is 60.6 Å². The van der Waals surface area contributed by atoms with E-state index in [9.17, 15) is 0 Å². The van der Waals surface area contributed by atoms with E-state index in [1.807, 2.05) is 60.5 Å². The van der Waals surface area contributed by atoms with E-state index in [1.54, 1.807) is 6.20 Å². The summed E-state index contributed by atoms with van der Waals surface area (Å²) in [4.78, 5) is 19.1. The SMILES string of the molecule is CN(Cc1nc2ccccc2[nH]1)c1cnc2ccccc2n1. The monoisotopic (exact) mass is 289 g/mol. The van der Waals surface area contributed by atoms with Gasteiger partial charge in [0.1, 0.15) is 11.6 Å². The van der Waals surface area contributed by atoms with Crippen LogP contribution in [0.3, 0.4) is 0 Å². The molecule has 4 rings (SSSR count). The molecule has 0 unspecified atom stereocenters. The Morgan fingerprint density at radius 1 is 0.909 bits per heavy atom. The third-order valence-electron chi connectivity index (χ3n) is 3.65. The molecule has 5 nitrogen and oxygen atoms in total. The van der Waals surface area contributed by atoms with Gasteiger partial charge in [0, 0.05) is 7.05 Å². The first-order chi connectivity index (χ1) is 10.8. The summed E-state index contributed by atoms with van der Waals surface area (Å²) >= 11 is 0. The maximum atomic E-state index is 4.65. The third-order valence-corrected chi connectivity index (χ3v) is 3.65. The highest BCUT2D eigenvalue weighted by Gasteiger charge is 2.08. The van der Waals surface area contributed by atoms with Crippen molar-refractivity contribution >= 4 is 27.9 Å². The van der Waals surface area contributed by atoms with Crippen LogP contribution in [0.15, 0.2) is 54.7 Å². The molecule has 2 aromatic heterocycles. The molecular weight excluding hydrogens is 274 g/mol. The van der Waals surface area contributed by atoms with Gasteiger partial charge in [-0.3, -0.25) is 4.98 Å². The van der Waals surface area contributed by atoms with Crippen LogP contribution >= 0.6 is 0 Å². The number of rotatable bonds is 3. The molecule has 4 aromatic rings. The Hall–Kier alpha value is -2.95. The molecule has 2 heterocycles. The van der Waals surface area contributed by atoms with Crippen molar-refractivity contribution < 1.29 is 0 Å². The van der Waals surface area contributed by atoms with Crippen LogP contribution in [-0.4, -0.2) is 27.0 Å². The van der Waals surface area contributed by atoms with Gasteiger partial charge in [0.05, 0.1) is 34.8 Å². The fourth-order valence-corrected chi connectivity index (χ4v) is 2.52. The summed E-state index contributed by atoms with van der Waals surface area (Å²) in [5.74, 6) is 1.75. The van der Waals surface area contributed by atoms with E-state index in [-0.39, 0.29) is 0 Å². The van der Waals surface area contributed by atoms with Crippen LogP contribution < -0.4 is 4.90 Å². The number of imidazole rings is 1. The zero-order chi connectivity index (χ0) is 14.9. The number of benzene rings is 2. The second kappa shape index (κ2) is 5.11. The molecule has 0 fully saturated rings. The zero-order valence-corrected chi connectivity index (χ0v) is 12.2. The summed E-state index contributed by atoms with van der Waals surface area (Å²) in [6, 6.07) is 15.9. The highest BCUT2D eigenvalue weighted by atomic mass is 15.2. The van der Waals surface area contributed by atoms with Crippen LogP contribution in [0, 0.1) is 0 Å². The van der Waals surface area contributed by atoms with Gasteiger partial charge in [-0.1, -0.05) is 24.3 Å². The first kappa shape index (κ1) is 12.8. The average Bonchev–Trinajstić information content (AvgIpc) is 2.96. The Labute approximate surface area is 127 Å². The minimum absolute atomic E-state index is 0.654. The van der Waals surface area contributed by atoms with E-state index >= 15 is 0 Å². The fraction of sp³-hybridized carbons (Fsp3) is 0.118. The summed E-state index contributed by atoms with van der Waals surface area (Å²) < 4.78 is 0. The molecule has 0 bridgehead atoms. The molecule has 0 aliphatic heterocycles. The minimum Gasteiger partial charge on any atom is -0.351 e. The van der Waals surface area contributed by atoms with E-state index in [0.717, 1.165) is 33.7 Å². The van der Waals surface area contributed by atoms with Crippen LogP contribution in [0.4, 0.5) is 5.82 Å². The summed E-state index contributed by atoms with van der Waals surface area (Å²) in [6.07, 6.45) is 1.80. The van der Waals surface area contributed by atoms with Crippen molar-refractivity contribution in [2.24, 2.45) is 0 Å². The number of hydrogen-bond acceptors (Lipinski definition) is 4. The molecule has 22 heavy (non-hydrogen) atoms. The number of fused-ring (bicyclic) bond motifs is 2. The van der Waals surface area contributed by atoms with Crippen molar-refractivity contribution in [2.75, 3.05) is 11.9 Å². The summed E-state index contributed by atoms with van der Waals surface area (Å²) in [6.45, 7) is 0.654. The Morgan fingerprint density at radius 2 is 1.64 bits per heavy atom. The van der Waals surface area contributed by atoms with Gasteiger partial charge >= 0.3 is 0 Å². The molecule has 0 saturated heterocycles. The lowest BCUT2D eigenvalue weighted by Gasteiger charge is -2.16. The van der Waals surface area contributed by atoms with Gasteiger partial charge in [-0.05, 0) is 24.3 Å². The zero-order valence-electron chi connectivity index (χ0n) is 12.2. The Kier molecular flexibility index (Phi) is 2.96. The van der Waals surface area contributed by atoms with Gasteiger partial charge in [-0.2, -0.15) is 0 Å². The topological polar surface area (TPSA) is 57.7 Å². The van der Waals surface area contributed by atoms with Crippen molar-refractivity contribution in [1.29, 1.82) is 0 Å². The number of aromatic nitrogens is 4. The number of aromatic amines is 1. The van der Waals surface area contributed by atoms with Gasteiger partial charge in [-0.15, -0.1) is 0 Å². The van der Waals surface area contributed by atoms with E-state index in [4.69, 9.17) is 0 Å². The van der Waals surface area contributed by atoms with Crippen LogP contribution in [0.5, 0.6) is 0 Å². The van der Waals surface area contributed by atoms with Crippen molar-refractivity contribution in [3.63, 3.8) is 0 Å². The number of hydrogen-bond donors (Lipinski definition) is 1. The highest BCUT2D eigenvalue weighted by molar-refractivity contribution is 5.76. The lowest BCUT2D eigenvalue weighted by molar-refractivity contribution is 0.847. The maximum Gasteiger partial charge on any atom is 0.147 e. The number of H-pyrrole nitrogens is 1. The van der Waals surface area contributed by atoms with E-state index < -0.39 is 0 Å². The number of nitrogens with one attached hydrogen (secondary N) is 1. The molecule has 0 radical (unpaired) electrons. The highest BCUT2D eigenvalue weighted by Crippen LogP contribution is 2.17. The molecular formula is C17H15N5.